The maximum absolute atomic E-state index is 12.5. The SMILES string of the molecule is CC(C)c1cc([C@@H]2CCCN2C(=O)NCCc2ccccc2)on1. The fraction of sp³-hybridized carbons (Fsp3) is 0.474. The molecular weight excluding hydrogens is 302 g/mol. The van der Waals surface area contributed by atoms with Crippen LogP contribution in [0.3, 0.4) is 0 Å². The van der Waals surface area contributed by atoms with Crippen LogP contribution < -0.4 is 5.32 Å². The number of hydrogen-bond donors (Lipinski definition) is 1. The molecule has 1 aromatic heterocycles. The fourth-order valence-electron chi connectivity index (χ4n) is 3.10. The van der Waals surface area contributed by atoms with Gasteiger partial charge < -0.3 is 14.7 Å². The molecule has 0 radical (unpaired) electrons. The standard InChI is InChI=1S/C19H25N3O2/c1-14(2)16-13-18(24-21-16)17-9-6-12-22(17)19(23)20-11-10-15-7-4-3-5-8-15/h3-5,7-8,13-14,17H,6,9-12H2,1-2H3,(H,20,23)/t17-/m0/s1. The smallest absolute Gasteiger partial charge is 0.318 e. The van der Waals surface area contributed by atoms with Crippen LogP contribution in [-0.4, -0.2) is 29.2 Å². The van der Waals surface area contributed by atoms with E-state index in [9.17, 15) is 4.79 Å². The Labute approximate surface area is 143 Å². The predicted octanol–water partition coefficient (Wildman–Crippen LogP) is 3.89. The van der Waals surface area contributed by atoms with E-state index in [1.165, 1.54) is 5.56 Å². The molecule has 1 fully saturated rings. The molecule has 1 aliphatic heterocycles. The number of hydrogen-bond acceptors (Lipinski definition) is 3. The number of rotatable bonds is 5. The highest BCUT2D eigenvalue weighted by molar-refractivity contribution is 5.75. The molecule has 1 atom stereocenters. The third-order valence-electron chi connectivity index (χ3n) is 4.51. The van der Waals surface area contributed by atoms with E-state index >= 15 is 0 Å². The van der Waals surface area contributed by atoms with Crippen LogP contribution in [0.5, 0.6) is 0 Å². The van der Waals surface area contributed by atoms with Gasteiger partial charge >= 0.3 is 6.03 Å². The maximum atomic E-state index is 12.5. The zero-order chi connectivity index (χ0) is 16.9. The lowest BCUT2D eigenvalue weighted by atomic mass is 10.1. The zero-order valence-electron chi connectivity index (χ0n) is 14.4. The van der Waals surface area contributed by atoms with E-state index in [4.69, 9.17) is 4.52 Å². The number of aromatic nitrogens is 1. The normalized spacial score (nSPS) is 17.5. The second-order valence-electron chi connectivity index (χ2n) is 6.63. The second-order valence-corrected chi connectivity index (χ2v) is 6.63. The van der Waals surface area contributed by atoms with Gasteiger partial charge in [0.25, 0.3) is 0 Å². The van der Waals surface area contributed by atoms with Crippen LogP contribution >= 0.6 is 0 Å². The van der Waals surface area contributed by atoms with E-state index < -0.39 is 0 Å². The highest BCUT2D eigenvalue weighted by Gasteiger charge is 2.32. The molecule has 0 aliphatic carbocycles. The third-order valence-corrected chi connectivity index (χ3v) is 4.51. The quantitative estimate of drug-likeness (QED) is 0.906. The summed E-state index contributed by atoms with van der Waals surface area (Å²) < 4.78 is 5.49. The Morgan fingerprint density at radius 3 is 2.88 bits per heavy atom. The van der Waals surface area contributed by atoms with E-state index in [-0.39, 0.29) is 12.1 Å². The Hall–Kier alpha value is -2.30. The van der Waals surface area contributed by atoms with Gasteiger partial charge in [0.2, 0.25) is 0 Å². The van der Waals surface area contributed by atoms with Gasteiger partial charge in [0.15, 0.2) is 5.76 Å². The van der Waals surface area contributed by atoms with Crippen molar-refractivity contribution in [3.8, 4) is 0 Å². The molecule has 3 rings (SSSR count). The minimum atomic E-state index is -0.0177. The largest absolute Gasteiger partial charge is 0.359 e. The minimum Gasteiger partial charge on any atom is -0.359 e. The molecule has 0 saturated carbocycles. The van der Waals surface area contributed by atoms with E-state index in [1.54, 1.807) is 0 Å². The Morgan fingerprint density at radius 1 is 1.38 bits per heavy atom. The second kappa shape index (κ2) is 7.51. The van der Waals surface area contributed by atoms with Gasteiger partial charge in [-0.25, -0.2) is 4.79 Å². The molecule has 1 saturated heterocycles. The monoisotopic (exact) mass is 327 g/mol. The predicted molar refractivity (Wildman–Crippen MR) is 92.8 cm³/mol. The number of urea groups is 1. The third kappa shape index (κ3) is 3.78. The van der Waals surface area contributed by atoms with Crippen LogP contribution in [-0.2, 0) is 6.42 Å². The van der Waals surface area contributed by atoms with Crippen LogP contribution in [0.2, 0.25) is 0 Å². The van der Waals surface area contributed by atoms with Crippen molar-refractivity contribution < 1.29 is 9.32 Å². The fourth-order valence-corrected chi connectivity index (χ4v) is 3.10. The lowest BCUT2D eigenvalue weighted by Crippen LogP contribution is -2.40. The summed E-state index contributed by atoms with van der Waals surface area (Å²) in [5, 5.41) is 7.15. The number of likely N-dealkylation sites (tertiary alicyclic amines) is 1. The molecule has 2 amide bonds. The zero-order valence-corrected chi connectivity index (χ0v) is 14.4. The van der Waals surface area contributed by atoms with Crippen LogP contribution in [0.25, 0.3) is 0 Å². The van der Waals surface area contributed by atoms with E-state index in [2.05, 4.69) is 36.5 Å². The van der Waals surface area contributed by atoms with E-state index in [0.717, 1.165) is 37.3 Å². The molecule has 24 heavy (non-hydrogen) atoms. The molecular formula is C19H25N3O2. The van der Waals surface area contributed by atoms with E-state index in [1.807, 2.05) is 29.2 Å². The van der Waals surface area contributed by atoms with E-state index in [0.29, 0.717) is 12.5 Å². The average Bonchev–Trinajstić information content (AvgIpc) is 3.24. The molecule has 2 heterocycles. The number of carbonyl (C=O) groups excluding carboxylic acids is 1. The summed E-state index contributed by atoms with van der Waals surface area (Å²) in [6.45, 7) is 5.58. The number of carbonyl (C=O) groups is 1. The van der Waals surface area contributed by atoms with Crippen LogP contribution in [0.1, 0.15) is 55.7 Å². The summed E-state index contributed by atoms with van der Waals surface area (Å²) in [5.41, 5.74) is 2.17. The first-order chi connectivity index (χ1) is 11.6. The Balaban J connectivity index is 1.57. The molecule has 0 spiro atoms. The molecule has 5 heteroatoms. The van der Waals surface area contributed by atoms with Gasteiger partial charge in [-0.1, -0.05) is 49.3 Å². The lowest BCUT2D eigenvalue weighted by Gasteiger charge is -2.23. The molecule has 1 aliphatic rings. The average molecular weight is 327 g/mol. The number of nitrogens with zero attached hydrogens (tertiary/aromatic N) is 2. The molecule has 128 valence electrons. The van der Waals surface area contributed by atoms with Crippen molar-refractivity contribution in [2.75, 3.05) is 13.1 Å². The van der Waals surface area contributed by atoms with Crippen LogP contribution in [0.15, 0.2) is 40.9 Å². The summed E-state index contributed by atoms with van der Waals surface area (Å²) in [4.78, 5) is 14.4. The molecule has 2 aromatic rings. The summed E-state index contributed by atoms with van der Waals surface area (Å²) in [7, 11) is 0. The van der Waals surface area contributed by atoms with Gasteiger partial charge in [0.05, 0.1) is 11.7 Å². The number of nitrogens with one attached hydrogen (secondary N) is 1. The van der Waals surface area contributed by atoms with Crippen molar-refractivity contribution in [1.29, 1.82) is 0 Å². The Morgan fingerprint density at radius 2 is 2.17 bits per heavy atom. The van der Waals surface area contributed by atoms with Gasteiger partial charge in [-0.3, -0.25) is 0 Å². The molecule has 0 unspecified atom stereocenters. The van der Waals surface area contributed by atoms with Crippen LogP contribution in [0, 0.1) is 0 Å². The van der Waals surface area contributed by atoms with Crippen molar-refractivity contribution in [1.82, 2.24) is 15.4 Å². The first-order valence-corrected chi connectivity index (χ1v) is 8.70. The first kappa shape index (κ1) is 16.6. The number of benzene rings is 1. The van der Waals surface area contributed by atoms with Gasteiger partial charge in [-0.05, 0) is 30.7 Å². The molecule has 0 bridgehead atoms. The Kier molecular flexibility index (Phi) is 5.18. The summed E-state index contributed by atoms with van der Waals surface area (Å²) in [5.74, 6) is 1.13. The van der Waals surface area contributed by atoms with Crippen molar-refractivity contribution in [3.63, 3.8) is 0 Å². The van der Waals surface area contributed by atoms with Crippen molar-refractivity contribution >= 4 is 6.03 Å². The van der Waals surface area contributed by atoms with Gasteiger partial charge in [-0.2, -0.15) is 0 Å². The van der Waals surface area contributed by atoms with Crippen molar-refractivity contribution in [3.05, 3.63) is 53.4 Å². The number of amides is 2. The highest BCUT2D eigenvalue weighted by Crippen LogP contribution is 2.33. The summed E-state index contributed by atoms with van der Waals surface area (Å²) >= 11 is 0. The van der Waals surface area contributed by atoms with Crippen molar-refractivity contribution in [2.24, 2.45) is 0 Å². The van der Waals surface area contributed by atoms with Crippen LogP contribution in [0.4, 0.5) is 4.79 Å². The highest BCUT2D eigenvalue weighted by atomic mass is 16.5. The van der Waals surface area contributed by atoms with Gasteiger partial charge in [0, 0.05) is 19.2 Å². The topological polar surface area (TPSA) is 58.4 Å². The summed E-state index contributed by atoms with van der Waals surface area (Å²) in [6.07, 6.45) is 2.76. The maximum Gasteiger partial charge on any atom is 0.318 e. The lowest BCUT2D eigenvalue weighted by molar-refractivity contribution is 0.182. The molecule has 1 N–H and O–H groups in total. The van der Waals surface area contributed by atoms with Crippen molar-refractivity contribution in [2.45, 2.75) is 45.1 Å². The molecule has 5 nitrogen and oxygen atoms in total. The minimum absolute atomic E-state index is 0.00160. The summed E-state index contributed by atoms with van der Waals surface area (Å²) in [6, 6.07) is 12.2. The van der Waals surface area contributed by atoms with Gasteiger partial charge in [0.1, 0.15) is 0 Å². The Bertz CT molecular complexity index is 666. The molecule has 1 aromatic carbocycles. The first-order valence-electron chi connectivity index (χ1n) is 8.70. The van der Waals surface area contributed by atoms with Gasteiger partial charge in [-0.15, -0.1) is 0 Å².